The van der Waals surface area contributed by atoms with Crippen molar-refractivity contribution in [1.29, 1.82) is 0 Å². The molecule has 1 unspecified atom stereocenters. The van der Waals surface area contributed by atoms with Crippen LogP contribution < -0.4 is 5.32 Å². The molecule has 2 bridgehead atoms. The number of halogens is 3. The Bertz CT molecular complexity index is 417. The van der Waals surface area contributed by atoms with E-state index in [4.69, 9.17) is 0 Å². The first-order chi connectivity index (χ1) is 9.77. The van der Waals surface area contributed by atoms with Gasteiger partial charge in [-0.2, -0.15) is 13.2 Å². The number of hydrogen-bond donors (Lipinski definition) is 2. The molecule has 1 amide bonds. The molecule has 3 aliphatic heterocycles. The van der Waals surface area contributed by atoms with Crippen molar-refractivity contribution >= 4 is 5.91 Å². The summed E-state index contributed by atoms with van der Waals surface area (Å²) in [6, 6.07) is 0.930. The second-order valence-corrected chi connectivity index (χ2v) is 6.77. The van der Waals surface area contributed by atoms with E-state index in [-0.39, 0.29) is 18.4 Å². The van der Waals surface area contributed by atoms with Gasteiger partial charge in [0.25, 0.3) is 0 Å². The molecular weight excluding hydrogens is 285 g/mol. The molecule has 4 nitrogen and oxygen atoms in total. The summed E-state index contributed by atoms with van der Waals surface area (Å²) in [6.07, 6.45) is -0.656. The lowest BCUT2D eigenvalue weighted by Crippen LogP contribution is -2.48. The predicted octanol–water partition coefficient (Wildman–Crippen LogP) is 1.43. The molecule has 4 atom stereocenters. The Morgan fingerprint density at radius 1 is 1.29 bits per heavy atom. The van der Waals surface area contributed by atoms with E-state index in [2.05, 4.69) is 5.32 Å². The maximum absolute atomic E-state index is 12.8. The van der Waals surface area contributed by atoms with Gasteiger partial charge in [-0.15, -0.1) is 0 Å². The van der Waals surface area contributed by atoms with Gasteiger partial charge in [0, 0.05) is 31.5 Å². The summed E-state index contributed by atoms with van der Waals surface area (Å²) >= 11 is 0. The Morgan fingerprint density at radius 2 is 1.90 bits per heavy atom. The van der Waals surface area contributed by atoms with E-state index < -0.39 is 24.7 Å². The largest absolute Gasteiger partial charge is 0.419 e. The number of rotatable bonds is 2. The smallest absolute Gasteiger partial charge is 0.379 e. The molecule has 3 heterocycles. The molecule has 2 N–H and O–H groups in total. The molecule has 0 aromatic rings. The highest BCUT2D eigenvalue weighted by molar-refractivity contribution is 5.77. The van der Waals surface area contributed by atoms with Crippen LogP contribution in [0.3, 0.4) is 0 Å². The van der Waals surface area contributed by atoms with Crippen molar-refractivity contribution in [3.05, 3.63) is 0 Å². The number of nitrogens with one attached hydrogen (secondary N) is 1. The maximum Gasteiger partial charge on any atom is 0.419 e. The summed E-state index contributed by atoms with van der Waals surface area (Å²) in [5, 5.41) is 13.1. The Kier molecular flexibility index (Phi) is 3.68. The lowest BCUT2D eigenvalue weighted by atomic mass is 9.89. The molecule has 0 spiro atoms. The van der Waals surface area contributed by atoms with Crippen LogP contribution in [0.4, 0.5) is 13.2 Å². The standard InChI is InChI=1S/C14H21F3N2O2/c15-14(16,17)13(21)3-4-19(8-13)12(20)7-9-5-10-1-2-11(6-9)18-10/h9-11,18,21H,1-8H2/t9?,10-,11+,13-/m1/s1. The van der Waals surface area contributed by atoms with Gasteiger partial charge in [0.15, 0.2) is 5.60 Å². The summed E-state index contributed by atoms with van der Waals surface area (Å²) in [4.78, 5) is 13.4. The topological polar surface area (TPSA) is 52.6 Å². The Balaban J connectivity index is 1.55. The molecule has 3 rings (SSSR count). The first kappa shape index (κ1) is 15.1. The summed E-state index contributed by atoms with van der Waals surface area (Å²) in [5.74, 6) is 0.0114. The van der Waals surface area contributed by atoms with Crippen LogP contribution in [0.25, 0.3) is 0 Å². The first-order valence-electron chi connectivity index (χ1n) is 7.60. The molecule has 0 aliphatic carbocycles. The third-order valence-electron chi connectivity index (χ3n) is 5.16. The van der Waals surface area contributed by atoms with Crippen molar-refractivity contribution in [1.82, 2.24) is 10.2 Å². The van der Waals surface area contributed by atoms with Crippen LogP contribution in [-0.2, 0) is 4.79 Å². The molecule has 0 saturated carbocycles. The molecule has 3 saturated heterocycles. The zero-order chi connectivity index (χ0) is 15.3. The number of nitrogens with zero attached hydrogens (tertiary/aromatic N) is 1. The van der Waals surface area contributed by atoms with Crippen LogP contribution in [0.1, 0.15) is 38.5 Å². The van der Waals surface area contributed by atoms with E-state index in [9.17, 15) is 23.1 Å². The molecular formula is C14H21F3N2O2. The number of hydrogen-bond acceptors (Lipinski definition) is 3. The third kappa shape index (κ3) is 2.90. The van der Waals surface area contributed by atoms with Crippen LogP contribution in [0.15, 0.2) is 0 Å². The average Bonchev–Trinajstić information content (AvgIpc) is 2.93. The van der Waals surface area contributed by atoms with Gasteiger partial charge in [0.05, 0.1) is 6.54 Å². The second kappa shape index (κ2) is 5.12. The van der Waals surface area contributed by atoms with Crippen molar-refractivity contribution in [2.75, 3.05) is 13.1 Å². The summed E-state index contributed by atoms with van der Waals surface area (Å²) in [5.41, 5.74) is -2.73. The molecule has 0 aromatic heterocycles. The molecule has 120 valence electrons. The van der Waals surface area contributed by atoms with Gasteiger partial charge < -0.3 is 15.3 Å². The van der Waals surface area contributed by atoms with Gasteiger partial charge in [-0.05, 0) is 31.6 Å². The molecule has 21 heavy (non-hydrogen) atoms. The number of β-amino-alcohol motifs (C(OH)–C–C–N with tert-alkyl or cyclic N) is 1. The van der Waals surface area contributed by atoms with Crippen LogP contribution in [0.5, 0.6) is 0 Å². The van der Waals surface area contributed by atoms with Crippen molar-refractivity contribution in [2.24, 2.45) is 5.92 Å². The van der Waals surface area contributed by atoms with E-state index >= 15 is 0 Å². The Morgan fingerprint density at radius 3 is 2.43 bits per heavy atom. The minimum absolute atomic E-state index is 0.00727. The molecule has 0 aromatic carbocycles. The number of fused-ring (bicyclic) bond motifs is 2. The molecule has 3 fully saturated rings. The van der Waals surface area contributed by atoms with Crippen LogP contribution in [0, 0.1) is 5.92 Å². The van der Waals surface area contributed by atoms with Crippen molar-refractivity contribution in [2.45, 2.75) is 62.4 Å². The second-order valence-electron chi connectivity index (χ2n) is 6.77. The highest BCUT2D eigenvalue weighted by atomic mass is 19.4. The summed E-state index contributed by atoms with van der Waals surface area (Å²) < 4.78 is 38.3. The van der Waals surface area contributed by atoms with Crippen LogP contribution in [0.2, 0.25) is 0 Å². The quantitative estimate of drug-likeness (QED) is 0.811. The minimum atomic E-state index is -4.67. The number of carbonyl (C=O) groups is 1. The number of alkyl halides is 3. The fourth-order valence-corrected chi connectivity index (χ4v) is 3.96. The zero-order valence-corrected chi connectivity index (χ0v) is 11.8. The minimum Gasteiger partial charge on any atom is -0.379 e. The third-order valence-corrected chi connectivity index (χ3v) is 5.16. The van der Waals surface area contributed by atoms with Crippen LogP contribution >= 0.6 is 0 Å². The lowest BCUT2D eigenvalue weighted by molar-refractivity contribution is -0.253. The van der Waals surface area contributed by atoms with Gasteiger partial charge >= 0.3 is 6.18 Å². The van der Waals surface area contributed by atoms with Gasteiger partial charge in [0.2, 0.25) is 5.91 Å². The maximum atomic E-state index is 12.8. The average molecular weight is 306 g/mol. The number of aliphatic hydroxyl groups is 1. The first-order valence-corrected chi connectivity index (χ1v) is 7.60. The highest BCUT2D eigenvalue weighted by Crippen LogP contribution is 2.38. The molecule has 0 radical (unpaired) electrons. The number of likely N-dealkylation sites (tertiary alicyclic amines) is 1. The Labute approximate surface area is 121 Å². The van der Waals surface area contributed by atoms with E-state index in [0.717, 1.165) is 25.7 Å². The van der Waals surface area contributed by atoms with Gasteiger partial charge in [-0.3, -0.25) is 4.79 Å². The van der Waals surface area contributed by atoms with E-state index in [1.165, 1.54) is 4.90 Å². The lowest BCUT2D eigenvalue weighted by Gasteiger charge is -2.30. The Hall–Kier alpha value is -0.820. The molecule has 3 aliphatic rings. The highest BCUT2D eigenvalue weighted by Gasteiger charge is 2.57. The SMILES string of the molecule is O=C(CC1C[C@H]2CC[C@@H](C1)N2)N1CC[C@](O)(C(F)(F)F)C1. The van der Waals surface area contributed by atoms with E-state index in [1.807, 2.05) is 0 Å². The van der Waals surface area contributed by atoms with Crippen LogP contribution in [-0.4, -0.2) is 52.9 Å². The number of piperidine rings is 1. The fraction of sp³-hybridized carbons (Fsp3) is 0.929. The van der Waals surface area contributed by atoms with E-state index in [0.29, 0.717) is 18.5 Å². The fourth-order valence-electron chi connectivity index (χ4n) is 3.96. The van der Waals surface area contributed by atoms with Gasteiger partial charge in [0.1, 0.15) is 0 Å². The van der Waals surface area contributed by atoms with E-state index in [1.54, 1.807) is 0 Å². The monoisotopic (exact) mass is 306 g/mol. The molecule has 7 heteroatoms. The van der Waals surface area contributed by atoms with Crippen molar-refractivity contribution < 1.29 is 23.1 Å². The number of amides is 1. The predicted molar refractivity (Wildman–Crippen MR) is 69.5 cm³/mol. The zero-order valence-electron chi connectivity index (χ0n) is 11.8. The summed E-state index contributed by atoms with van der Waals surface area (Å²) in [6.45, 7) is -0.625. The number of carbonyl (C=O) groups excluding carboxylic acids is 1. The normalized spacial score (nSPS) is 39.8. The van der Waals surface area contributed by atoms with Crippen molar-refractivity contribution in [3.63, 3.8) is 0 Å². The van der Waals surface area contributed by atoms with Crippen molar-refractivity contribution in [3.8, 4) is 0 Å². The summed E-state index contributed by atoms with van der Waals surface area (Å²) in [7, 11) is 0. The van der Waals surface area contributed by atoms with Gasteiger partial charge in [-0.25, -0.2) is 0 Å². The van der Waals surface area contributed by atoms with Gasteiger partial charge in [-0.1, -0.05) is 0 Å².